The Kier molecular flexibility index (Phi) is 4.29. The summed E-state index contributed by atoms with van der Waals surface area (Å²) in [7, 11) is 1.50. The van der Waals surface area contributed by atoms with Crippen LogP contribution >= 0.6 is 11.6 Å². The maximum Gasteiger partial charge on any atom is 0.257 e. The Labute approximate surface area is 119 Å². The summed E-state index contributed by atoms with van der Waals surface area (Å²) in [5, 5.41) is 0.546. The van der Waals surface area contributed by atoms with Gasteiger partial charge in [0.15, 0.2) is 5.82 Å². The van der Waals surface area contributed by atoms with Crippen LogP contribution in [-0.2, 0) is 6.54 Å². The van der Waals surface area contributed by atoms with Crippen molar-refractivity contribution >= 4 is 17.5 Å². The van der Waals surface area contributed by atoms with Gasteiger partial charge in [0, 0.05) is 24.8 Å². The van der Waals surface area contributed by atoms with E-state index in [1.807, 2.05) is 0 Å². The molecule has 1 aromatic heterocycles. The highest BCUT2D eigenvalue weighted by Gasteiger charge is 2.19. The molecule has 0 radical (unpaired) electrons. The molecule has 0 unspecified atom stereocenters. The van der Waals surface area contributed by atoms with Crippen LogP contribution in [0, 0.1) is 11.8 Å². The molecule has 0 aliphatic rings. The van der Waals surface area contributed by atoms with Crippen molar-refractivity contribution in [3.05, 3.63) is 64.4 Å². The quantitative estimate of drug-likeness (QED) is 0.814. The zero-order valence-corrected chi connectivity index (χ0v) is 11.4. The zero-order chi connectivity index (χ0) is 14.7. The van der Waals surface area contributed by atoms with Crippen LogP contribution in [0.15, 0.2) is 36.5 Å². The van der Waals surface area contributed by atoms with Crippen molar-refractivity contribution in [1.29, 1.82) is 0 Å². The number of benzene rings is 1. The summed E-state index contributed by atoms with van der Waals surface area (Å²) in [5.41, 5.74) is 0.449. The molecule has 0 atom stereocenters. The lowest BCUT2D eigenvalue weighted by Gasteiger charge is -2.17. The second kappa shape index (κ2) is 5.96. The summed E-state index contributed by atoms with van der Waals surface area (Å²) in [4.78, 5) is 16.5. The average Bonchev–Trinajstić information content (AvgIpc) is 2.41. The highest BCUT2D eigenvalue weighted by atomic mass is 35.5. The number of hydrogen-bond acceptors (Lipinski definition) is 2. The van der Waals surface area contributed by atoms with Crippen LogP contribution in [0.25, 0.3) is 0 Å². The minimum atomic E-state index is -1.29. The van der Waals surface area contributed by atoms with Crippen molar-refractivity contribution in [3.8, 4) is 0 Å². The molecule has 1 aromatic carbocycles. The Morgan fingerprint density at radius 3 is 2.80 bits per heavy atom. The number of pyridine rings is 1. The van der Waals surface area contributed by atoms with Gasteiger partial charge in [0.05, 0.1) is 5.56 Å². The Bertz CT molecular complexity index is 649. The summed E-state index contributed by atoms with van der Waals surface area (Å²) < 4.78 is 26.5. The molecule has 0 saturated carbocycles. The smallest absolute Gasteiger partial charge is 0.257 e. The Morgan fingerprint density at radius 1 is 1.35 bits per heavy atom. The van der Waals surface area contributed by atoms with Crippen molar-refractivity contribution < 1.29 is 13.6 Å². The zero-order valence-electron chi connectivity index (χ0n) is 10.6. The van der Waals surface area contributed by atoms with Gasteiger partial charge in [-0.1, -0.05) is 23.7 Å². The van der Waals surface area contributed by atoms with Gasteiger partial charge in [0.25, 0.3) is 5.91 Å². The summed E-state index contributed by atoms with van der Waals surface area (Å²) in [6, 6.07) is 8.11. The van der Waals surface area contributed by atoms with Crippen LogP contribution in [0.2, 0.25) is 5.02 Å². The first-order chi connectivity index (χ1) is 9.49. The van der Waals surface area contributed by atoms with E-state index in [9.17, 15) is 13.6 Å². The van der Waals surface area contributed by atoms with Gasteiger partial charge < -0.3 is 4.90 Å². The molecular formula is C14H11ClF2N2O. The predicted octanol–water partition coefficient (Wildman–Crippen LogP) is 3.29. The van der Waals surface area contributed by atoms with Gasteiger partial charge in [-0.25, -0.2) is 9.37 Å². The predicted molar refractivity (Wildman–Crippen MR) is 71.4 cm³/mol. The van der Waals surface area contributed by atoms with E-state index in [1.54, 1.807) is 24.3 Å². The van der Waals surface area contributed by atoms with Gasteiger partial charge in [-0.3, -0.25) is 4.79 Å². The minimum absolute atomic E-state index is 0.239. The van der Waals surface area contributed by atoms with E-state index in [4.69, 9.17) is 11.6 Å². The molecule has 0 aliphatic carbocycles. The van der Waals surface area contributed by atoms with Gasteiger partial charge >= 0.3 is 0 Å². The number of halogens is 3. The molecule has 0 saturated heterocycles. The molecule has 0 bridgehead atoms. The van der Waals surface area contributed by atoms with Crippen molar-refractivity contribution in [3.63, 3.8) is 0 Å². The van der Waals surface area contributed by atoms with Crippen molar-refractivity contribution in [2.24, 2.45) is 0 Å². The number of nitrogens with zero attached hydrogens (tertiary/aromatic N) is 2. The molecule has 104 valence electrons. The SMILES string of the molecule is CN(Cc1cccc(Cl)c1)C(=O)c1ccnc(F)c1F. The largest absolute Gasteiger partial charge is 0.337 e. The van der Waals surface area contributed by atoms with Gasteiger partial charge in [-0.05, 0) is 23.8 Å². The van der Waals surface area contributed by atoms with E-state index in [2.05, 4.69) is 4.98 Å². The number of aromatic nitrogens is 1. The number of carbonyl (C=O) groups is 1. The van der Waals surface area contributed by atoms with Crippen LogP contribution in [0.4, 0.5) is 8.78 Å². The summed E-state index contributed by atoms with van der Waals surface area (Å²) in [6.45, 7) is 0.239. The molecule has 1 heterocycles. The number of hydrogen-bond donors (Lipinski definition) is 0. The molecule has 2 aromatic rings. The van der Waals surface area contributed by atoms with Gasteiger partial charge in [0.2, 0.25) is 5.95 Å². The highest BCUT2D eigenvalue weighted by Crippen LogP contribution is 2.15. The summed E-state index contributed by atoms with van der Waals surface area (Å²) >= 11 is 5.85. The van der Waals surface area contributed by atoms with E-state index in [-0.39, 0.29) is 12.1 Å². The van der Waals surface area contributed by atoms with Crippen LogP contribution in [0.5, 0.6) is 0 Å². The summed E-state index contributed by atoms with van der Waals surface area (Å²) in [6.07, 6.45) is 1.05. The van der Waals surface area contributed by atoms with Crippen LogP contribution in [-0.4, -0.2) is 22.8 Å². The lowest BCUT2D eigenvalue weighted by atomic mass is 10.2. The van der Waals surface area contributed by atoms with E-state index < -0.39 is 17.7 Å². The van der Waals surface area contributed by atoms with E-state index >= 15 is 0 Å². The molecule has 0 spiro atoms. The van der Waals surface area contributed by atoms with Gasteiger partial charge in [-0.15, -0.1) is 0 Å². The highest BCUT2D eigenvalue weighted by molar-refractivity contribution is 6.30. The van der Waals surface area contributed by atoms with E-state index in [1.165, 1.54) is 11.9 Å². The van der Waals surface area contributed by atoms with Crippen LogP contribution in [0.1, 0.15) is 15.9 Å². The first-order valence-corrected chi connectivity index (χ1v) is 6.16. The van der Waals surface area contributed by atoms with Crippen molar-refractivity contribution in [2.45, 2.75) is 6.54 Å². The lowest BCUT2D eigenvalue weighted by Crippen LogP contribution is -2.27. The number of carbonyl (C=O) groups excluding carboxylic acids is 1. The minimum Gasteiger partial charge on any atom is -0.337 e. The Balaban J connectivity index is 2.19. The van der Waals surface area contributed by atoms with Crippen molar-refractivity contribution in [1.82, 2.24) is 9.88 Å². The monoisotopic (exact) mass is 296 g/mol. The standard InChI is InChI=1S/C14H11ClF2N2O/c1-19(8-9-3-2-4-10(15)7-9)14(20)11-5-6-18-13(17)12(11)16/h2-7H,8H2,1H3. The molecule has 0 fully saturated rings. The maximum absolute atomic E-state index is 13.5. The lowest BCUT2D eigenvalue weighted by molar-refractivity contribution is 0.0779. The van der Waals surface area contributed by atoms with Crippen LogP contribution in [0.3, 0.4) is 0 Å². The maximum atomic E-state index is 13.5. The van der Waals surface area contributed by atoms with Crippen LogP contribution < -0.4 is 0 Å². The number of amides is 1. The topological polar surface area (TPSA) is 33.2 Å². The molecule has 0 N–H and O–H groups in total. The van der Waals surface area contributed by atoms with Gasteiger partial charge in [-0.2, -0.15) is 4.39 Å². The van der Waals surface area contributed by atoms with E-state index in [0.29, 0.717) is 5.02 Å². The fraction of sp³-hybridized carbons (Fsp3) is 0.143. The third-order valence-electron chi connectivity index (χ3n) is 2.73. The molecule has 0 aliphatic heterocycles. The average molecular weight is 297 g/mol. The third-order valence-corrected chi connectivity index (χ3v) is 2.97. The molecule has 20 heavy (non-hydrogen) atoms. The second-order valence-electron chi connectivity index (χ2n) is 4.25. The van der Waals surface area contributed by atoms with E-state index in [0.717, 1.165) is 17.8 Å². The van der Waals surface area contributed by atoms with Crippen molar-refractivity contribution in [2.75, 3.05) is 7.05 Å². The second-order valence-corrected chi connectivity index (χ2v) is 4.69. The first kappa shape index (κ1) is 14.4. The fourth-order valence-corrected chi connectivity index (χ4v) is 1.98. The Hall–Kier alpha value is -2.01. The molecular weight excluding hydrogens is 286 g/mol. The summed E-state index contributed by atoms with van der Waals surface area (Å²) in [5.74, 6) is -3.15. The Morgan fingerprint density at radius 2 is 2.10 bits per heavy atom. The molecule has 6 heteroatoms. The normalized spacial score (nSPS) is 10.4. The third kappa shape index (κ3) is 3.11. The molecule has 2 rings (SSSR count). The van der Waals surface area contributed by atoms with Gasteiger partial charge in [0.1, 0.15) is 0 Å². The molecule has 1 amide bonds. The fourth-order valence-electron chi connectivity index (χ4n) is 1.77. The first-order valence-electron chi connectivity index (χ1n) is 5.79. The molecule has 3 nitrogen and oxygen atoms in total. The number of rotatable bonds is 3.